The number of pyridine rings is 1. The highest BCUT2D eigenvalue weighted by atomic mass is 32.1. The predicted molar refractivity (Wildman–Crippen MR) is 66.6 cm³/mol. The Morgan fingerprint density at radius 3 is 2.82 bits per heavy atom. The van der Waals surface area contributed by atoms with Gasteiger partial charge in [0, 0.05) is 12.4 Å². The van der Waals surface area contributed by atoms with Crippen molar-refractivity contribution in [2.24, 2.45) is 5.73 Å². The van der Waals surface area contributed by atoms with Crippen LogP contribution in [0, 0.1) is 6.92 Å². The first-order valence-corrected chi connectivity index (χ1v) is 5.90. The van der Waals surface area contributed by atoms with Crippen molar-refractivity contribution >= 4 is 17.2 Å². The largest absolute Gasteiger partial charge is 0.338 e. The van der Waals surface area contributed by atoms with Crippen molar-refractivity contribution in [3.05, 3.63) is 35.2 Å². The zero-order chi connectivity index (χ0) is 12.3. The molecule has 6 heteroatoms. The van der Waals surface area contributed by atoms with Crippen molar-refractivity contribution in [2.75, 3.05) is 6.67 Å². The van der Waals surface area contributed by atoms with Gasteiger partial charge in [-0.3, -0.25) is 9.78 Å². The molecule has 2 aromatic rings. The van der Waals surface area contributed by atoms with E-state index in [2.05, 4.69) is 15.3 Å². The minimum atomic E-state index is -0.235. The maximum atomic E-state index is 11.6. The van der Waals surface area contributed by atoms with Crippen molar-refractivity contribution < 1.29 is 4.79 Å². The van der Waals surface area contributed by atoms with Crippen LogP contribution >= 0.6 is 11.3 Å². The summed E-state index contributed by atoms with van der Waals surface area (Å²) in [5.41, 5.74) is 7.11. The first-order valence-electron chi connectivity index (χ1n) is 5.08. The highest BCUT2D eigenvalue weighted by molar-refractivity contribution is 7.17. The van der Waals surface area contributed by atoms with E-state index in [1.165, 1.54) is 11.3 Å². The number of aryl methyl sites for hydroxylation is 1. The summed E-state index contributed by atoms with van der Waals surface area (Å²) < 4.78 is 0. The molecule has 1 amide bonds. The molecule has 0 spiro atoms. The second-order valence-corrected chi connectivity index (χ2v) is 4.38. The topological polar surface area (TPSA) is 80.9 Å². The molecule has 0 bridgehead atoms. The lowest BCUT2D eigenvalue weighted by molar-refractivity contribution is 0.0954. The average Bonchev–Trinajstić information content (AvgIpc) is 2.73. The van der Waals surface area contributed by atoms with E-state index in [-0.39, 0.29) is 12.6 Å². The molecule has 5 nitrogen and oxygen atoms in total. The highest BCUT2D eigenvalue weighted by Crippen LogP contribution is 2.29. The Kier molecular flexibility index (Phi) is 3.46. The molecule has 2 aromatic heterocycles. The molecule has 0 atom stereocenters. The highest BCUT2D eigenvalue weighted by Gasteiger charge is 2.14. The third-order valence-corrected chi connectivity index (χ3v) is 3.40. The van der Waals surface area contributed by atoms with Crippen molar-refractivity contribution in [1.29, 1.82) is 0 Å². The summed E-state index contributed by atoms with van der Waals surface area (Å²) >= 11 is 1.35. The number of nitrogens with zero attached hydrogens (tertiary/aromatic N) is 2. The number of hydrogen-bond donors (Lipinski definition) is 2. The summed E-state index contributed by atoms with van der Waals surface area (Å²) in [6.07, 6.45) is 3.43. The molecule has 2 heterocycles. The summed E-state index contributed by atoms with van der Waals surface area (Å²) in [6, 6.07) is 3.79. The quantitative estimate of drug-likeness (QED) is 0.799. The number of carbonyl (C=O) groups excluding carboxylic acids is 1. The Morgan fingerprint density at radius 1 is 1.47 bits per heavy atom. The number of hydrogen-bond acceptors (Lipinski definition) is 5. The van der Waals surface area contributed by atoms with Crippen LogP contribution in [0.15, 0.2) is 24.5 Å². The van der Waals surface area contributed by atoms with Gasteiger partial charge < -0.3 is 11.1 Å². The minimum Gasteiger partial charge on any atom is -0.338 e. The summed E-state index contributed by atoms with van der Waals surface area (Å²) in [5, 5.41) is 2.96. The van der Waals surface area contributed by atoms with Crippen molar-refractivity contribution in [3.8, 4) is 10.4 Å². The molecular formula is C11H12N4OS. The van der Waals surface area contributed by atoms with Gasteiger partial charge in [-0.25, -0.2) is 4.98 Å². The van der Waals surface area contributed by atoms with Gasteiger partial charge in [0.15, 0.2) is 5.01 Å². The van der Waals surface area contributed by atoms with E-state index in [1.54, 1.807) is 12.4 Å². The lowest BCUT2D eigenvalue weighted by Crippen LogP contribution is -2.29. The second kappa shape index (κ2) is 5.03. The number of nitrogens with one attached hydrogen (secondary N) is 1. The van der Waals surface area contributed by atoms with Crippen LogP contribution < -0.4 is 11.1 Å². The molecule has 0 saturated heterocycles. The van der Waals surface area contributed by atoms with Crippen LogP contribution in [-0.2, 0) is 0 Å². The monoisotopic (exact) mass is 248 g/mol. The number of rotatable bonds is 3. The van der Waals surface area contributed by atoms with E-state index >= 15 is 0 Å². The van der Waals surface area contributed by atoms with Gasteiger partial charge in [-0.1, -0.05) is 0 Å². The maximum absolute atomic E-state index is 11.6. The first kappa shape index (κ1) is 11.7. The van der Waals surface area contributed by atoms with Crippen LogP contribution in [0.2, 0.25) is 0 Å². The Bertz CT molecular complexity index is 524. The second-order valence-electron chi connectivity index (χ2n) is 3.38. The first-order chi connectivity index (χ1) is 8.22. The fourth-order valence-corrected chi connectivity index (χ4v) is 2.42. The van der Waals surface area contributed by atoms with E-state index in [0.29, 0.717) is 5.01 Å². The zero-order valence-electron chi connectivity index (χ0n) is 9.30. The molecule has 0 aliphatic carbocycles. The molecule has 88 valence electrons. The van der Waals surface area contributed by atoms with Gasteiger partial charge >= 0.3 is 0 Å². The Labute approximate surface area is 103 Å². The smallest absolute Gasteiger partial charge is 0.281 e. The van der Waals surface area contributed by atoms with Gasteiger partial charge in [0.2, 0.25) is 0 Å². The summed E-state index contributed by atoms with van der Waals surface area (Å²) in [4.78, 5) is 20.8. The summed E-state index contributed by atoms with van der Waals surface area (Å²) in [5.74, 6) is -0.235. The van der Waals surface area contributed by atoms with E-state index in [4.69, 9.17) is 5.73 Å². The zero-order valence-corrected chi connectivity index (χ0v) is 10.1. The van der Waals surface area contributed by atoms with Gasteiger partial charge in [-0.15, -0.1) is 11.3 Å². The standard InChI is InChI=1S/C11H12N4OS/c1-7-9(8-2-4-13-5-3-8)17-11(15-7)10(16)14-6-12/h2-5H,6,12H2,1H3,(H,14,16). The summed E-state index contributed by atoms with van der Waals surface area (Å²) in [7, 11) is 0. The molecule has 0 unspecified atom stereocenters. The molecule has 3 N–H and O–H groups in total. The van der Waals surface area contributed by atoms with Crippen LogP contribution in [0.25, 0.3) is 10.4 Å². The SMILES string of the molecule is Cc1nc(C(=O)NCN)sc1-c1ccncc1. The molecule has 0 aliphatic heterocycles. The van der Waals surface area contributed by atoms with E-state index < -0.39 is 0 Å². The predicted octanol–water partition coefficient (Wildman–Crippen LogP) is 1.16. The molecular weight excluding hydrogens is 236 g/mol. The fraction of sp³-hybridized carbons (Fsp3) is 0.182. The molecule has 0 radical (unpaired) electrons. The lowest BCUT2D eigenvalue weighted by atomic mass is 10.2. The molecule has 0 aromatic carbocycles. The van der Waals surface area contributed by atoms with Crippen LogP contribution in [0.3, 0.4) is 0 Å². The molecule has 2 rings (SSSR count). The third-order valence-electron chi connectivity index (χ3n) is 2.20. The van der Waals surface area contributed by atoms with Crippen LogP contribution in [0.5, 0.6) is 0 Å². The maximum Gasteiger partial charge on any atom is 0.281 e. The fourth-order valence-electron chi connectivity index (χ4n) is 1.43. The van der Waals surface area contributed by atoms with Crippen molar-refractivity contribution in [1.82, 2.24) is 15.3 Å². The third kappa shape index (κ3) is 2.48. The number of carbonyl (C=O) groups is 1. The number of amides is 1. The molecule has 17 heavy (non-hydrogen) atoms. The Hall–Kier alpha value is -1.79. The number of aromatic nitrogens is 2. The van der Waals surface area contributed by atoms with Gasteiger partial charge in [-0.2, -0.15) is 0 Å². The Balaban J connectivity index is 2.35. The average molecular weight is 248 g/mol. The van der Waals surface area contributed by atoms with E-state index in [0.717, 1.165) is 16.1 Å². The van der Waals surface area contributed by atoms with Gasteiger partial charge in [0.1, 0.15) is 0 Å². The molecule has 0 fully saturated rings. The van der Waals surface area contributed by atoms with Crippen LogP contribution in [-0.4, -0.2) is 22.5 Å². The van der Waals surface area contributed by atoms with Crippen molar-refractivity contribution in [3.63, 3.8) is 0 Å². The van der Waals surface area contributed by atoms with Crippen molar-refractivity contribution in [2.45, 2.75) is 6.92 Å². The lowest BCUT2D eigenvalue weighted by Gasteiger charge is -1.96. The summed E-state index contributed by atoms with van der Waals surface area (Å²) in [6.45, 7) is 1.99. The Morgan fingerprint density at radius 2 is 2.18 bits per heavy atom. The van der Waals surface area contributed by atoms with E-state index in [1.807, 2.05) is 19.1 Å². The van der Waals surface area contributed by atoms with Crippen LogP contribution in [0.4, 0.5) is 0 Å². The minimum absolute atomic E-state index is 0.113. The number of nitrogens with two attached hydrogens (primary N) is 1. The van der Waals surface area contributed by atoms with Gasteiger partial charge in [-0.05, 0) is 24.6 Å². The number of thiazole rings is 1. The normalized spacial score (nSPS) is 10.2. The van der Waals surface area contributed by atoms with E-state index in [9.17, 15) is 4.79 Å². The van der Waals surface area contributed by atoms with Gasteiger partial charge in [0.25, 0.3) is 5.91 Å². The molecule has 0 saturated carbocycles. The van der Waals surface area contributed by atoms with Gasteiger partial charge in [0.05, 0.1) is 17.2 Å². The molecule has 0 aliphatic rings. The van der Waals surface area contributed by atoms with Crippen LogP contribution in [0.1, 0.15) is 15.5 Å².